The maximum absolute atomic E-state index is 12.1. The molecule has 1 atom stereocenters. The predicted molar refractivity (Wildman–Crippen MR) is 120 cm³/mol. The number of benzene rings is 3. The first-order chi connectivity index (χ1) is 15.0. The van der Waals surface area contributed by atoms with E-state index in [-0.39, 0.29) is 0 Å². The van der Waals surface area contributed by atoms with Gasteiger partial charge in [-0.25, -0.2) is 0 Å². The molecule has 0 aliphatic carbocycles. The monoisotopic (exact) mass is 420 g/mol. The van der Waals surface area contributed by atoms with Crippen molar-refractivity contribution in [3.05, 3.63) is 83.9 Å². The third-order valence-corrected chi connectivity index (χ3v) is 4.78. The normalized spacial score (nSPS) is 11.7. The molecule has 5 heteroatoms. The summed E-state index contributed by atoms with van der Waals surface area (Å²) in [6.07, 6.45) is 0.330. The summed E-state index contributed by atoms with van der Waals surface area (Å²) in [5, 5.41) is 9.90. The van der Waals surface area contributed by atoms with Gasteiger partial charge in [-0.15, -0.1) is 0 Å². The lowest BCUT2D eigenvalue weighted by Crippen LogP contribution is -2.15. The average Bonchev–Trinajstić information content (AvgIpc) is 2.76. The number of hydrogen-bond acceptors (Lipinski definition) is 4. The molecule has 1 unspecified atom stereocenters. The second-order valence-corrected chi connectivity index (χ2v) is 7.77. The van der Waals surface area contributed by atoms with Crippen molar-refractivity contribution in [2.45, 2.75) is 26.2 Å². The summed E-state index contributed by atoms with van der Waals surface area (Å²) in [6.45, 7) is 4.69. The highest BCUT2D eigenvalue weighted by atomic mass is 16.5. The topological polar surface area (TPSA) is 65.0 Å². The minimum absolute atomic E-state index is 0.330. The molecule has 0 aliphatic heterocycles. The van der Waals surface area contributed by atoms with Gasteiger partial charge in [0, 0.05) is 0 Å². The van der Waals surface area contributed by atoms with Crippen molar-refractivity contribution in [3.63, 3.8) is 0 Å². The Bertz CT molecular complexity index is 998. The third kappa shape index (κ3) is 6.25. The summed E-state index contributed by atoms with van der Waals surface area (Å²) in [5.74, 6) is 1.31. The van der Waals surface area contributed by atoms with Crippen molar-refractivity contribution in [1.82, 2.24) is 0 Å². The molecule has 0 aliphatic rings. The number of methoxy groups -OCH3 is 1. The van der Waals surface area contributed by atoms with Crippen LogP contribution in [-0.4, -0.2) is 24.8 Å². The molecule has 31 heavy (non-hydrogen) atoms. The Labute approximate surface area is 183 Å². The maximum Gasteiger partial charge on any atom is 0.311 e. The van der Waals surface area contributed by atoms with Crippen LogP contribution in [0.1, 0.15) is 30.9 Å². The van der Waals surface area contributed by atoms with Crippen molar-refractivity contribution in [3.8, 4) is 23.0 Å². The van der Waals surface area contributed by atoms with Crippen molar-refractivity contribution in [2.75, 3.05) is 13.7 Å². The molecule has 0 radical (unpaired) electrons. The van der Waals surface area contributed by atoms with Gasteiger partial charge in [-0.2, -0.15) is 0 Å². The molecule has 0 saturated heterocycles. The van der Waals surface area contributed by atoms with Crippen LogP contribution in [0.3, 0.4) is 0 Å². The van der Waals surface area contributed by atoms with Gasteiger partial charge in [0.1, 0.15) is 11.5 Å². The molecule has 3 aromatic rings. The highest BCUT2D eigenvalue weighted by Crippen LogP contribution is 2.33. The number of rotatable bonds is 10. The van der Waals surface area contributed by atoms with E-state index in [0.29, 0.717) is 41.8 Å². The predicted octanol–water partition coefficient (Wildman–Crippen LogP) is 5.93. The number of carboxylic acids is 1. The van der Waals surface area contributed by atoms with Crippen molar-refractivity contribution >= 4 is 5.97 Å². The minimum Gasteiger partial charge on any atom is -0.493 e. The number of hydrogen-bond donors (Lipinski definition) is 1. The van der Waals surface area contributed by atoms with Gasteiger partial charge in [-0.3, -0.25) is 4.79 Å². The fourth-order valence-corrected chi connectivity index (χ4v) is 3.22. The second-order valence-electron chi connectivity index (χ2n) is 7.77. The van der Waals surface area contributed by atoms with Crippen LogP contribution in [0.5, 0.6) is 23.0 Å². The fraction of sp³-hybridized carbons (Fsp3) is 0.269. The SMILES string of the molecule is COc1cc(C(Cc2cccc(Oc3ccccc3)c2)C(=O)O)ccc1OCC(C)C. The third-order valence-electron chi connectivity index (χ3n) is 4.78. The lowest BCUT2D eigenvalue weighted by atomic mass is 9.91. The zero-order valence-corrected chi connectivity index (χ0v) is 18.1. The van der Waals surface area contributed by atoms with Gasteiger partial charge >= 0.3 is 5.97 Å². The molecule has 0 heterocycles. The quantitative estimate of drug-likeness (QED) is 0.440. The summed E-state index contributed by atoms with van der Waals surface area (Å²) >= 11 is 0. The fourth-order valence-electron chi connectivity index (χ4n) is 3.22. The molecule has 3 rings (SSSR count). The number of aliphatic carboxylic acids is 1. The first-order valence-corrected chi connectivity index (χ1v) is 10.3. The Morgan fingerprint density at radius 3 is 2.32 bits per heavy atom. The minimum atomic E-state index is -0.896. The Morgan fingerprint density at radius 2 is 1.65 bits per heavy atom. The summed E-state index contributed by atoms with van der Waals surface area (Å²) in [7, 11) is 1.56. The Morgan fingerprint density at radius 1 is 0.903 bits per heavy atom. The Balaban J connectivity index is 1.80. The van der Waals surface area contributed by atoms with Gasteiger partial charge in [-0.05, 0) is 59.9 Å². The molecule has 0 bridgehead atoms. The van der Waals surface area contributed by atoms with Crippen LogP contribution in [0.25, 0.3) is 0 Å². The van der Waals surface area contributed by atoms with Crippen LogP contribution in [0, 0.1) is 5.92 Å². The van der Waals surface area contributed by atoms with E-state index in [1.54, 1.807) is 25.3 Å². The second kappa shape index (κ2) is 10.5. The van der Waals surface area contributed by atoms with E-state index in [4.69, 9.17) is 14.2 Å². The van der Waals surface area contributed by atoms with Crippen molar-refractivity contribution < 1.29 is 24.1 Å². The number of carbonyl (C=O) groups is 1. The van der Waals surface area contributed by atoms with Crippen LogP contribution < -0.4 is 14.2 Å². The standard InChI is InChI=1S/C26H28O5/c1-18(2)17-30-24-13-12-20(16-25(24)29-3)23(26(27)28)15-19-8-7-11-22(14-19)31-21-9-5-4-6-10-21/h4-14,16,18,23H,15,17H2,1-3H3,(H,27,28). The molecule has 0 saturated carbocycles. The van der Waals surface area contributed by atoms with E-state index in [2.05, 4.69) is 13.8 Å². The van der Waals surface area contributed by atoms with Crippen LogP contribution in [0.4, 0.5) is 0 Å². The number of para-hydroxylation sites is 1. The van der Waals surface area contributed by atoms with Gasteiger partial charge in [0.25, 0.3) is 0 Å². The zero-order chi connectivity index (χ0) is 22.2. The van der Waals surface area contributed by atoms with E-state index in [1.165, 1.54) is 0 Å². The molecule has 0 amide bonds. The summed E-state index contributed by atoms with van der Waals surface area (Å²) in [6, 6.07) is 22.3. The summed E-state index contributed by atoms with van der Waals surface area (Å²) in [5.41, 5.74) is 1.54. The lowest BCUT2D eigenvalue weighted by molar-refractivity contribution is -0.138. The smallest absolute Gasteiger partial charge is 0.311 e. The van der Waals surface area contributed by atoms with Crippen molar-refractivity contribution in [1.29, 1.82) is 0 Å². The average molecular weight is 421 g/mol. The van der Waals surface area contributed by atoms with Gasteiger partial charge in [-0.1, -0.05) is 50.2 Å². The van der Waals surface area contributed by atoms with Crippen molar-refractivity contribution in [2.24, 2.45) is 5.92 Å². The highest BCUT2D eigenvalue weighted by molar-refractivity contribution is 5.77. The summed E-state index contributed by atoms with van der Waals surface area (Å²) < 4.78 is 17.1. The van der Waals surface area contributed by atoms with Gasteiger partial charge in [0.2, 0.25) is 0 Å². The number of ether oxygens (including phenoxy) is 3. The zero-order valence-electron chi connectivity index (χ0n) is 18.1. The Kier molecular flexibility index (Phi) is 7.55. The molecular weight excluding hydrogens is 392 g/mol. The van der Waals surface area contributed by atoms with Gasteiger partial charge < -0.3 is 19.3 Å². The van der Waals surface area contributed by atoms with E-state index in [9.17, 15) is 9.90 Å². The summed E-state index contributed by atoms with van der Waals surface area (Å²) in [4.78, 5) is 12.1. The van der Waals surface area contributed by atoms with Gasteiger partial charge in [0.15, 0.2) is 11.5 Å². The van der Waals surface area contributed by atoms with E-state index < -0.39 is 11.9 Å². The lowest BCUT2D eigenvalue weighted by Gasteiger charge is -2.17. The van der Waals surface area contributed by atoms with Crippen LogP contribution in [0.2, 0.25) is 0 Å². The van der Waals surface area contributed by atoms with Gasteiger partial charge in [0.05, 0.1) is 19.6 Å². The molecule has 0 fully saturated rings. The molecule has 5 nitrogen and oxygen atoms in total. The largest absolute Gasteiger partial charge is 0.493 e. The maximum atomic E-state index is 12.1. The highest BCUT2D eigenvalue weighted by Gasteiger charge is 2.22. The molecule has 0 spiro atoms. The molecule has 162 valence electrons. The molecular formula is C26H28O5. The first kappa shape index (κ1) is 22.2. The van der Waals surface area contributed by atoms with Crippen LogP contribution in [-0.2, 0) is 11.2 Å². The number of carboxylic acid groups (broad SMARTS) is 1. The Hall–Kier alpha value is -3.47. The molecule has 3 aromatic carbocycles. The first-order valence-electron chi connectivity index (χ1n) is 10.3. The van der Waals surface area contributed by atoms with E-state index in [1.807, 2.05) is 54.6 Å². The van der Waals surface area contributed by atoms with Crippen LogP contribution in [0.15, 0.2) is 72.8 Å². The molecule has 1 N–H and O–H groups in total. The van der Waals surface area contributed by atoms with Crippen LogP contribution >= 0.6 is 0 Å². The molecule has 0 aromatic heterocycles. The van der Waals surface area contributed by atoms with E-state index in [0.717, 1.165) is 11.3 Å². The van der Waals surface area contributed by atoms with E-state index >= 15 is 0 Å².